The molecule has 224 valence electrons. The second kappa shape index (κ2) is 10.5. The second-order valence-electron chi connectivity index (χ2n) is 12.8. The summed E-state index contributed by atoms with van der Waals surface area (Å²) in [5.74, 6) is 3.49. The second-order valence-corrected chi connectivity index (χ2v) is 12.8. The third-order valence-electron chi connectivity index (χ3n) is 10.1. The molecule has 0 N–H and O–H groups in total. The Morgan fingerprint density at radius 1 is 0.396 bits per heavy atom. The molecule has 0 bridgehead atoms. The Morgan fingerprint density at radius 2 is 0.896 bits per heavy atom. The first-order valence-corrected chi connectivity index (χ1v) is 16.5. The lowest BCUT2D eigenvalue weighted by atomic mass is 9.35. The van der Waals surface area contributed by atoms with E-state index in [-0.39, 0.29) is 6.71 Å². The van der Waals surface area contributed by atoms with E-state index in [2.05, 4.69) is 159 Å². The van der Waals surface area contributed by atoms with E-state index in [4.69, 9.17) is 9.47 Å². The minimum absolute atomic E-state index is 0.0117. The highest BCUT2D eigenvalue weighted by atomic mass is 16.5. The third-order valence-corrected chi connectivity index (χ3v) is 10.1. The Bertz CT molecular complexity index is 2530. The summed E-state index contributed by atoms with van der Waals surface area (Å²) in [6, 6.07) is 56.5. The summed E-state index contributed by atoms with van der Waals surface area (Å²) >= 11 is 0. The van der Waals surface area contributed by atoms with Crippen LogP contribution in [0, 0.1) is 6.92 Å². The lowest BCUT2D eigenvalue weighted by molar-refractivity contribution is 0.465. The van der Waals surface area contributed by atoms with Crippen LogP contribution in [0.2, 0.25) is 0 Å². The smallest absolute Gasteiger partial charge is 0.260 e. The molecule has 0 aliphatic carbocycles. The lowest BCUT2D eigenvalue weighted by Gasteiger charge is -2.33. The van der Waals surface area contributed by atoms with Gasteiger partial charge in [0.15, 0.2) is 0 Å². The summed E-state index contributed by atoms with van der Waals surface area (Å²) in [6.07, 6.45) is 0. The minimum atomic E-state index is 0.0117. The molecule has 0 aromatic heterocycles. The Labute approximate surface area is 279 Å². The summed E-state index contributed by atoms with van der Waals surface area (Å²) in [7, 11) is 0. The maximum atomic E-state index is 6.75. The fourth-order valence-corrected chi connectivity index (χ4v) is 8.00. The number of aryl methyl sites for hydroxylation is 1. The predicted octanol–water partition coefficient (Wildman–Crippen LogP) is 10.0. The third kappa shape index (κ3) is 4.01. The number of fused-ring (bicyclic) bond motifs is 6. The summed E-state index contributed by atoms with van der Waals surface area (Å²) in [5.41, 5.74) is 11.9. The van der Waals surface area contributed by atoms with Gasteiger partial charge in [0.2, 0.25) is 0 Å². The van der Waals surface area contributed by atoms with E-state index in [0.29, 0.717) is 0 Å². The Morgan fingerprint density at radius 3 is 1.50 bits per heavy atom. The van der Waals surface area contributed by atoms with E-state index < -0.39 is 0 Å². The number of hydrogen-bond acceptors (Lipinski definition) is 2. The van der Waals surface area contributed by atoms with Crippen molar-refractivity contribution in [2.45, 2.75) is 6.92 Å². The Hall–Kier alpha value is -6.06. The van der Waals surface area contributed by atoms with Crippen LogP contribution in [0.4, 0.5) is 0 Å². The maximum Gasteiger partial charge on any atom is 0.260 e. The fourth-order valence-electron chi connectivity index (χ4n) is 8.00. The highest BCUT2D eigenvalue weighted by Crippen LogP contribution is 2.45. The summed E-state index contributed by atoms with van der Waals surface area (Å²) in [4.78, 5) is 0. The van der Waals surface area contributed by atoms with E-state index in [1.54, 1.807) is 0 Å². The molecule has 0 spiro atoms. The molecule has 3 heteroatoms. The first-order valence-electron chi connectivity index (χ1n) is 16.5. The molecule has 48 heavy (non-hydrogen) atoms. The average Bonchev–Trinajstić information content (AvgIpc) is 3.13. The van der Waals surface area contributed by atoms with Gasteiger partial charge in [-0.3, -0.25) is 0 Å². The first kappa shape index (κ1) is 27.1. The van der Waals surface area contributed by atoms with E-state index in [1.165, 1.54) is 49.4 Å². The van der Waals surface area contributed by atoms with Crippen molar-refractivity contribution in [3.8, 4) is 56.4 Å². The molecule has 2 nitrogen and oxygen atoms in total. The average molecular weight is 613 g/mol. The molecular weight excluding hydrogens is 583 g/mol. The van der Waals surface area contributed by atoms with Crippen LogP contribution in [0.1, 0.15) is 5.56 Å². The molecular formula is C45H29BO2. The SMILES string of the molecule is Cc1ccccc1-c1ccc2c(c1)Oc1cccc3c1B2c1ccc(-c2c4ccccc4c(-c4ccccc4)c4ccccc24)cc1O3. The van der Waals surface area contributed by atoms with Gasteiger partial charge in [0, 0.05) is 5.46 Å². The van der Waals surface area contributed by atoms with Crippen LogP contribution >= 0.6 is 0 Å². The van der Waals surface area contributed by atoms with Crippen LogP contribution in [-0.4, -0.2) is 6.71 Å². The zero-order valence-corrected chi connectivity index (χ0v) is 26.4. The maximum absolute atomic E-state index is 6.75. The van der Waals surface area contributed by atoms with E-state index in [1.807, 2.05) is 6.07 Å². The topological polar surface area (TPSA) is 18.5 Å². The molecule has 2 heterocycles. The van der Waals surface area contributed by atoms with Gasteiger partial charge in [0.1, 0.15) is 23.0 Å². The highest BCUT2D eigenvalue weighted by Gasteiger charge is 2.40. The molecule has 0 amide bonds. The molecule has 10 rings (SSSR count). The lowest BCUT2D eigenvalue weighted by Crippen LogP contribution is -2.57. The van der Waals surface area contributed by atoms with Crippen molar-refractivity contribution in [3.63, 3.8) is 0 Å². The standard InChI is InChI=1S/C45H29BO2/c1-28-12-5-6-15-32(28)30-22-24-37-41(26-30)47-39-20-11-21-40-45(39)46(37)38-25-23-31(27-42(38)48-40)44-35-18-9-7-16-33(35)43(29-13-3-2-4-14-29)34-17-8-10-19-36(34)44/h2-27H,1H3. The van der Waals surface area contributed by atoms with Crippen LogP contribution in [0.3, 0.4) is 0 Å². The van der Waals surface area contributed by atoms with E-state index >= 15 is 0 Å². The van der Waals surface area contributed by atoms with Gasteiger partial charge < -0.3 is 9.47 Å². The van der Waals surface area contributed by atoms with Crippen LogP contribution < -0.4 is 25.9 Å². The normalized spacial score (nSPS) is 12.6. The number of benzene rings is 8. The monoisotopic (exact) mass is 612 g/mol. The van der Waals surface area contributed by atoms with Crippen LogP contribution in [0.15, 0.2) is 158 Å². The van der Waals surface area contributed by atoms with E-state index in [0.717, 1.165) is 50.5 Å². The molecule has 0 saturated carbocycles. The molecule has 0 fully saturated rings. The zero-order valence-electron chi connectivity index (χ0n) is 26.4. The van der Waals surface area contributed by atoms with Crippen molar-refractivity contribution < 1.29 is 9.47 Å². The van der Waals surface area contributed by atoms with Crippen LogP contribution in [-0.2, 0) is 0 Å². The van der Waals surface area contributed by atoms with Crippen LogP contribution in [0.5, 0.6) is 23.0 Å². The quantitative estimate of drug-likeness (QED) is 0.146. The van der Waals surface area contributed by atoms with Gasteiger partial charge in [-0.15, -0.1) is 0 Å². The van der Waals surface area contributed by atoms with Gasteiger partial charge in [-0.2, -0.15) is 0 Å². The minimum Gasteiger partial charge on any atom is -0.458 e. The Balaban J connectivity index is 1.17. The number of rotatable bonds is 3. The van der Waals surface area contributed by atoms with Gasteiger partial charge in [-0.05, 0) is 103 Å². The number of ether oxygens (including phenoxy) is 2. The Kier molecular flexibility index (Phi) is 5.92. The van der Waals surface area contributed by atoms with Crippen molar-refractivity contribution in [2.75, 3.05) is 0 Å². The molecule has 0 radical (unpaired) electrons. The van der Waals surface area contributed by atoms with Gasteiger partial charge in [-0.25, -0.2) is 0 Å². The van der Waals surface area contributed by atoms with Crippen molar-refractivity contribution in [3.05, 3.63) is 163 Å². The highest BCUT2D eigenvalue weighted by molar-refractivity contribution is 6.98. The summed E-state index contributed by atoms with van der Waals surface area (Å²) in [6.45, 7) is 2.17. The van der Waals surface area contributed by atoms with Gasteiger partial charge in [0.05, 0.1) is 0 Å². The van der Waals surface area contributed by atoms with Crippen molar-refractivity contribution >= 4 is 44.6 Å². The van der Waals surface area contributed by atoms with Crippen molar-refractivity contribution in [1.29, 1.82) is 0 Å². The predicted molar refractivity (Wildman–Crippen MR) is 200 cm³/mol. The molecule has 0 unspecified atom stereocenters. The van der Waals surface area contributed by atoms with Gasteiger partial charge >= 0.3 is 0 Å². The van der Waals surface area contributed by atoms with Gasteiger partial charge in [-0.1, -0.05) is 133 Å². The summed E-state index contributed by atoms with van der Waals surface area (Å²) < 4.78 is 13.3. The molecule has 8 aromatic rings. The zero-order chi connectivity index (χ0) is 31.8. The molecule has 0 atom stereocenters. The van der Waals surface area contributed by atoms with Crippen molar-refractivity contribution in [2.24, 2.45) is 0 Å². The number of hydrogen-bond donors (Lipinski definition) is 0. The molecule has 2 aliphatic rings. The summed E-state index contributed by atoms with van der Waals surface area (Å²) in [5, 5.41) is 4.95. The molecule has 8 aromatic carbocycles. The largest absolute Gasteiger partial charge is 0.458 e. The van der Waals surface area contributed by atoms with Crippen LogP contribution in [0.25, 0.3) is 54.9 Å². The van der Waals surface area contributed by atoms with Crippen molar-refractivity contribution in [1.82, 2.24) is 0 Å². The van der Waals surface area contributed by atoms with E-state index in [9.17, 15) is 0 Å². The fraction of sp³-hybridized carbons (Fsp3) is 0.0222. The first-order chi connectivity index (χ1) is 23.7. The molecule has 2 aliphatic heterocycles. The molecule has 0 saturated heterocycles. The van der Waals surface area contributed by atoms with Gasteiger partial charge in [0.25, 0.3) is 6.71 Å².